The second-order valence-corrected chi connectivity index (χ2v) is 13.1. The summed E-state index contributed by atoms with van der Waals surface area (Å²) in [5.41, 5.74) is 0. The molecule has 1 fully saturated rings. The molecule has 1 aliphatic heterocycles. The lowest BCUT2D eigenvalue weighted by molar-refractivity contribution is 0.0512. The molecule has 0 bridgehead atoms. The minimum Gasteiger partial charge on any atom is -0.472 e. The van der Waals surface area contributed by atoms with E-state index in [1.54, 1.807) is 11.8 Å². The summed E-state index contributed by atoms with van der Waals surface area (Å²) in [6.45, 7) is 16.0. The molecule has 0 spiro atoms. The van der Waals surface area contributed by atoms with E-state index in [4.69, 9.17) is 18.6 Å². The molecule has 2 rings (SSSR count). The van der Waals surface area contributed by atoms with Crippen LogP contribution in [0.15, 0.2) is 0 Å². The molecule has 1 unspecified atom stereocenters. The maximum absolute atomic E-state index is 12.4. The maximum Gasteiger partial charge on any atom is 0.410 e. The fourth-order valence-electron chi connectivity index (χ4n) is 2.95. The van der Waals surface area contributed by atoms with Gasteiger partial charge >= 0.3 is 6.09 Å². The predicted octanol–water partition coefficient (Wildman–Crippen LogP) is 2.84. The number of nitrogens with zero attached hydrogens (tertiary/aromatic N) is 4. The molecule has 1 aromatic rings. The van der Waals surface area contributed by atoms with Gasteiger partial charge in [-0.2, -0.15) is 4.37 Å². The van der Waals surface area contributed by atoms with E-state index in [9.17, 15) is 4.79 Å². The lowest BCUT2D eigenvalue weighted by Crippen LogP contribution is -2.47. The lowest BCUT2D eigenvalue weighted by atomic mass is 10.3. The molecule has 0 radical (unpaired) electrons. The number of hydrogen-bond donors (Lipinski definition) is 0. The van der Waals surface area contributed by atoms with Crippen molar-refractivity contribution in [3.8, 4) is 5.88 Å². The van der Waals surface area contributed by atoms with Crippen molar-refractivity contribution < 1.29 is 23.4 Å². The number of anilines is 1. The fourth-order valence-corrected chi connectivity index (χ4v) is 4.62. The first kappa shape index (κ1) is 23.8. The van der Waals surface area contributed by atoms with Crippen LogP contribution in [0.2, 0.25) is 19.6 Å². The van der Waals surface area contributed by atoms with Gasteiger partial charge in [-0.15, -0.1) is 4.37 Å². The third kappa shape index (κ3) is 7.72. The highest BCUT2D eigenvalue weighted by molar-refractivity contribution is 6.99. The third-order valence-electron chi connectivity index (χ3n) is 4.21. The number of carbonyl (C=O) groups is 1. The van der Waals surface area contributed by atoms with E-state index in [0.717, 1.165) is 30.6 Å². The molecular formula is C18H34N4O5SSi. The van der Waals surface area contributed by atoms with Crippen LogP contribution in [-0.4, -0.2) is 86.3 Å². The van der Waals surface area contributed by atoms with Crippen molar-refractivity contribution in [3.63, 3.8) is 0 Å². The highest BCUT2D eigenvalue weighted by atomic mass is 32.1. The molecule has 1 aromatic heterocycles. The van der Waals surface area contributed by atoms with Gasteiger partial charge in [0.15, 0.2) is 8.32 Å². The Labute approximate surface area is 178 Å². The van der Waals surface area contributed by atoms with E-state index >= 15 is 0 Å². The largest absolute Gasteiger partial charge is 0.472 e. The summed E-state index contributed by atoms with van der Waals surface area (Å²) < 4.78 is 31.7. The summed E-state index contributed by atoms with van der Waals surface area (Å²) in [7, 11) is -1.86. The summed E-state index contributed by atoms with van der Waals surface area (Å²) in [5, 5.41) is 0. The van der Waals surface area contributed by atoms with Gasteiger partial charge in [0.2, 0.25) is 5.82 Å². The van der Waals surface area contributed by atoms with E-state index in [1.165, 1.54) is 0 Å². The third-order valence-corrected chi connectivity index (χ3v) is 5.75. The molecule has 0 saturated carbocycles. The van der Waals surface area contributed by atoms with Crippen LogP contribution in [0.3, 0.4) is 0 Å². The standard InChI is InChI=1S/C18H34N4O5SSi/c1-7-25-18(23)22(14(2)3)12-15(27-29(4,5)6)13-26-17-16(19-28-20-17)21-8-10-24-11-9-21/h14-15H,7-13H2,1-6H3. The smallest absolute Gasteiger partial charge is 0.410 e. The monoisotopic (exact) mass is 446 g/mol. The van der Waals surface area contributed by atoms with E-state index in [1.807, 2.05) is 13.8 Å². The molecular weight excluding hydrogens is 412 g/mol. The molecule has 29 heavy (non-hydrogen) atoms. The minimum absolute atomic E-state index is 0.00775. The highest BCUT2D eigenvalue weighted by Crippen LogP contribution is 2.27. The van der Waals surface area contributed by atoms with Gasteiger partial charge in [0.25, 0.3) is 5.88 Å². The van der Waals surface area contributed by atoms with E-state index in [-0.39, 0.29) is 24.8 Å². The van der Waals surface area contributed by atoms with Crippen molar-refractivity contribution in [2.24, 2.45) is 0 Å². The molecule has 0 aliphatic carbocycles. The van der Waals surface area contributed by atoms with Crippen LogP contribution in [0.25, 0.3) is 0 Å². The van der Waals surface area contributed by atoms with Crippen LogP contribution < -0.4 is 9.64 Å². The van der Waals surface area contributed by atoms with Gasteiger partial charge in [-0.25, -0.2) is 4.79 Å². The Hall–Kier alpha value is -1.43. The van der Waals surface area contributed by atoms with Gasteiger partial charge in [0.05, 0.1) is 44.2 Å². The van der Waals surface area contributed by atoms with E-state index < -0.39 is 8.32 Å². The number of rotatable bonds is 10. The first-order valence-electron chi connectivity index (χ1n) is 10.1. The van der Waals surface area contributed by atoms with E-state index in [0.29, 0.717) is 32.2 Å². The Balaban J connectivity index is 2.07. The van der Waals surface area contributed by atoms with Gasteiger partial charge < -0.3 is 28.4 Å². The van der Waals surface area contributed by atoms with Gasteiger partial charge in [-0.3, -0.25) is 0 Å². The number of morpholine rings is 1. The maximum atomic E-state index is 12.4. The van der Waals surface area contributed by atoms with Crippen LogP contribution in [0.5, 0.6) is 5.88 Å². The average molecular weight is 447 g/mol. The van der Waals surface area contributed by atoms with Crippen LogP contribution in [-0.2, 0) is 13.9 Å². The number of hydrogen-bond acceptors (Lipinski definition) is 9. The van der Waals surface area contributed by atoms with Crippen LogP contribution >= 0.6 is 11.7 Å². The van der Waals surface area contributed by atoms with E-state index in [2.05, 4.69) is 33.3 Å². The molecule has 2 heterocycles. The van der Waals surface area contributed by atoms with Gasteiger partial charge in [0, 0.05) is 19.1 Å². The predicted molar refractivity (Wildman–Crippen MR) is 116 cm³/mol. The zero-order chi connectivity index (χ0) is 21.4. The van der Waals surface area contributed by atoms with Crippen LogP contribution in [0.1, 0.15) is 20.8 Å². The Morgan fingerprint density at radius 1 is 1.28 bits per heavy atom. The van der Waals surface area contributed by atoms with Gasteiger partial charge in [-0.1, -0.05) is 0 Å². The van der Waals surface area contributed by atoms with Crippen molar-refractivity contribution >= 4 is 32.0 Å². The molecule has 1 atom stereocenters. The molecule has 1 amide bonds. The molecule has 1 aliphatic rings. The SMILES string of the molecule is CCOC(=O)N(CC(COc1nsnc1N1CCOCC1)O[Si](C)(C)C)C(C)C. The Bertz CT molecular complexity index is 634. The van der Waals surface area contributed by atoms with Crippen molar-refractivity contribution in [2.45, 2.75) is 52.6 Å². The highest BCUT2D eigenvalue weighted by Gasteiger charge is 2.29. The second-order valence-electron chi connectivity index (χ2n) is 8.10. The molecule has 0 aromatic carbocycles. The molecule has 0 N–H and O–H groups in total. The first-order chi connectivity index (χ1) is 13.7. The number of aromatic nitrogens is 2. The Kier molecular flexibility index (Phi) is 9.12. The summed E-state index contributed by atoms with van der Waals surface area (Å²) >= 11 is 1.13. The number of carbonyl (C=O) groups excluding carboxylic acids is 1. The van der Waals surface area contributed by atoms with Crippen molar-refractivity contribution in [2.75, 3.05) is 51.0 Å². The summed E-state index contributed by atoms with van der Waals surface area (Å²) in [6.07, 6.45) is -0.622. The van der Waals surface area contributed by atoms with Crippen molar-refractivity contribution in [1.82, 2.24) is 13.6 Å². The zero-order valence-corrected chi connectivity index (χ0v) is 20.2. The molecule has 11 heteroatoms. The lowest BCUT2D eigenvalue weighted by Gasteiger charge is -2.33. The van der Waals surface area contributed by atoms with Crippen LogP contribution in [0, 0.1) is 0 Å². The summed E-state index contributed by atoms with van der Waals surface area (Å²) in [5.74, 6) is 1.25. The topological polar surface area (TPSA) is 86.2 Å². The second kappa shape index (κ2) is 11.1. The minimum atomic E-state index is -1.86. The van der Waals surface area contributed by atoms with Gasteiger partial charge in [0.1, 0.15) is 6.61 Å². The molecule has 1 saturated heterocycles. The Morgan fingerprint density at radius 2 is 1.97 bits per heavy atom. The van der Waals surface area contributed by atoms with Crippen molar-refractivity contribution in [3.05, 3.63) is 0 Å². The van der Waals surface area contributed by atoms with Crippen LogP contribution in [0.4, 0.5) is 10.6 Å². The normalized spacial score (nSPS) is 16.0. The number of amides is 1. The summed E-state index contributed by atoms with van der Waals surface area (Å²) in [4.78, 5) is 16.2. The molecule has 9 nitrogen and oxygen atoms in total. The quantitative estimate of drug-likeness (QED) is 0.507. The van der Waals surface area contributed by atoms with Gasteiger partial charge in [-0.05, 0) is 40.4 Å². The molecule has 166 valence electrons. The fraction of sp³-hybridized carbons (Fsp3) is 0.833. The average Bonchev–Trinajstić information content (AvgIpc) is 3.12. The number of ether oxygens (including phenoxy) is 3. The summed E-state index contributed by atoms with van der Waals surface area (Å²) in [6, 6.07) is -0.00775. The van der Waals surface area contributed by atoms with Crippen molar-refractivity contribution in [1.29, 1.82) is 0 Å². The Morgan fingerprint density at radius 3 is 2.55 bits per heavy atom. The first-order valence-corrected chi connectivity index (χ1v) is 14.2. The zero-order valence-electron chi connectivity index (χ0n) is 18.3.